The highest BCUT2D eigenvalue weighted by Crippen LogP contribution is 1.88. The molecule has 0 radical (unpaired) electrons. The van der Waals surface area contributed by atoms with Crippen molar-refractivity contribution in [3.8, 4) is 0 Å². The van der Waals surface area contributed by atoms with Gasteiger partial charge < -0.3 is 4.74 Å². The molecule has 3 heteroatoms. The van der Waals surface area contributed by atoms with Crippen molar-refractivity contribution in [3.05, 3.63) is 12.5 Å². The van der Waals surface area contributed by atoms with Crippen molar-refractivity contribution in [2.45, 2.75) is 0 Å². The first-order valence-corrected chi connectivity index (χ1v) is 2.02. The zero-order valence-corrected chi connectivity index (χ0v) is 4.79. The van der Waals surface area contributed by atoms with Gasteiger partial charge in [0.05, 0.1) is 7.11 Å². The van der Waals surface area contributed by atoms with E-state index in [2.05, 4.69) is 28.0 Å². The Morgan fingerprint density at radius 1 is 1.75 bits per heavy atom. The lowest BCUT2D eigenvalue weighted by molar-refractivity contribution is 0.291. The van der Waals surface area contributed by atoms with Crippen LogP contribution in [0.25, 0.3) is 0 Å². The average Bonchev–Trinajstić information content (AvgIpc) is 1.83. The van der Waals surface area contributed by atoms with Crippen molar-refractivity contribution in [3.63, 3.8) is 0 Å². The molecule has 0 rings (SSSR count). The Labute approximate surface area is 48.4 Å². The van der Waals surface area contributed by atoms with E-state index in [-0.39, 0.29) is 0 Å². The van der Waals surface area contributed by atoms with Gasteiger partial charge in [0.15, 0.2) is 0 Å². The molecule has 0 atom stereocenters. The zero-order chi connectivity index (χ0) is 6.41. The minimum absolute atomic E-state index is 0.331. The molecule has 0 amide bonds. The standard InChI is InChI=1S/C5H8N2O/c1-5(8-3)7-4-6-2/h4H,1-2H2,3H3. The third-order valence-corrected chi connectivity index (χ3v) is 0.519. The van der Waals surface area contributed by atoms with Crippen LogP contribution in [0.15, 0.2) is 22.4 Å². The highest BCUT2D eigenvalue weighted by atomic mass is 16.5. The van der Waals surface area contributed by atoms with Crippen LogP contribution in [0.2, 0.25) is 0 Å². The van der Waals surface area contributed by atoms with Crippen LogP contribution < -0.4 is 0 Å². The lowest BCUT2D eigenvalue weighted by Crippen LogP contribution is -1.77. The van der Waals surface area contributed by atoms with Gasteiger partial charge in [0.1, 0.15) is 6.34 Å². The van der Waals surface area contributed by atoms with Gasteiger partial charge >= 0.3 is 0 Å². The van der Waals surface area contributed by atoms with Crippen LogP contribution in [-0.4, -0.2) is 20.2 Å². The van der Waals surface area contributed by atoms with E-state index >= 15 is 0 Å². The number of aliphatic imine (C=N–C) groups is 2. The van der Waals surface area contributed by atoms with E-state index in [1.54, 1.807) is 0 Å². The zero-order valence-electron chi connectivity index (χ0n) is 4.79. The Bertz CT molecular complexity index is 118. The summed E-state index contributed by atoms with van der Waals surface area (Å²) in [6.45, 7) is 6.57. The maximum atomic E-state index is 4.57. The van der Waals surface area contributed by atoms with E-state index < -0.39 is 0 Å². The van der Waals surface area contributed by atoms with Crippen LogP contribution in [-0.2, 0) is 4.74 Å². The molecule has 0 fully saturated rings. The molecule has 0 aliphatic rings. The lowest BCUT2D eigenvalue weighted by Gasteiger charge is -1.90. The molecule has 0 saturated carbocycles. The molecule has 0 aromatic rings. The summed E-state index contributed by atoms with van der Waals surface area (Å²) in [5.74, 6) is 0.331. The normalized spacial score (nSPS) is 9.12. The van der Waals surface area contributed by atoms with Gasteiger partial charge in [0, 0.05) is 0 Å². The second kappa shape index (κ2) is 4.05. The van der Waals surface area contributed by atoms with Gasteiger partial charge in [-0.05, 0) is 13.3 Å². The fraction of sp³-hybridized carbons (Fsp3) is 0.200. The Balaban J connectivity index is 3.52. The van der Waals surface area contributed by atoms with Crippen LogP contribution in [0, 0.1) is 0 Å². The average molecular weight is 112 g/mol. The first kappa shape index (κ1) is 6.88. The molecular formula is C5H8N2O. The van der Waals surface area contributed by atoms with Crippen LogP contribution in [0.3, 0.4) is 0 Å². The van der Waals surface area contributed by atoms with Gasteiger partial charge in [0.2, 0.25) is 5.88 Å². The van der Waals surface area contributed by atoms with Crippen LogP contribution in [0.4, 0.5) is 0 Å². The van der Waals surface area contributed by atoms with E-state index in [0.29, 0.717) is 5.88 Å². The molecule has 3 nitrogen and oxygen atoms in total. The highest BCUT2D eigenvalue weighted by Gasteiger charge is 1.76. The van der Waals surface area contributed by atoms with E-state index in [0.717, 1.165) is 0 Å². The highest BCUT2D eigenvalue weighted by molar-refractivity contribution is 5.62. The maximum Gasteiger partial charge on any atom is 0.206 e. The minimum Gasteiger partial charge on any atom is -0.481 e. The monoisotopic (exact) mass is 112 g/mol. The van der Waals surface area contributed by atoms with Crippen LogP contribution in [0.5, 0.6) is 0 Å². The molecule has 0 aromatic heterocycles. The summed E-state index contributed by atoms with van der Waals surface area (Å²) in [5.41, 5.74) is 0. The number of hydrogen-bond acceptors (Lipinski definition) is 2. The fourth-order valence-corrected chi connectivity index (χ4v) is 0.158. The van der Waals surface area contributed by atoms with Gasteiger partial charge in [-0.3, -0.25) is 4.99 Å². The Morgan fingerprint density at radius 3 is 2.75 bits per heavy atom. The summed E-state index contributed by atoms with van der Waals surface area (Å²) in [6, 6.07) is 0. The molecule has 0 heterocycles. The molecule has 0 aliphatic heterocycles. The van der Waals surface area contributed by atoms with E-state index in [1.165, 1.54) is 13.4 Å². The maximum absolute atomic E-state index is 4.57. The lowest BCUT2D eigenvalue weighted by atomic mass is 10.9. The molecule has 0 aliphatic carbocycles. The molecular weight excluding hydrogens is 104 g/mol. The second-order valence-electron chi connectivity index (χ2n) is 1.03. The predicted molar refractivity (Wildman–Crippen MR) is 34.2 cm³/mol. The number of methoxy groups -OCH3 is 1. The Kier molecular flexibility index (Phi) is 3.48. The molecule has 44 valence electrons. The molecule has 0 bridgehead atoms. The first-order valence-electron chi connectivity index (χ1n) is 2.02. The van der Waals surface area contributed by atoms with Gasteiger partial charge in [-0.15, -0.1) is 0 Å². The summed E-state index contributed by atoms with van der Waals surface area (Å²) in [6.07, 6.45) is 1.27. The largest absolute Gasteiger partial charge is 0.481 e. The van der Waals surface area contributed by atoms with Crippen molar-refractivity contribution < 1.29 is 4.74 Å². The van der Waals surface area contributed by atoms with E-state index in [1.807, 2.05) is 0 Å². The fourth-order valence-electron chi connectivity index (χ4n) is 0.158. The van der Waals surface area contributed by atoms with E-state index in [9.17, 15) is 0 Å². The number of hydrogen-bond donors (Lipinski definition) is 0. The SMILES string of the molecule is C=NC=NC(=C)OC. The van der Waals surface area contributed by atoms with E-state index in [4.69, 9.17) is 0 Å². The molecule has 0 spiro atoms. The topological polar surface area (TPSA) is 34.0 Å². The second-order valence-corrected chi connectivity index (χ2v) is 1.03. The number of nitrogens with zero attached hydrogens (tertiary/aromatic N) is 2. The van der Waals surface area contributed by atoms with Gasteiger partial charge in [-0.2, -0.15) is 0 Å². The summed E-state index contributed by atoms with van der Waals surface area (Å²) in [5, 5.41) is 0. The van der Waals surface area contributed by atoms with Crippen molar-refractivity contribution in [1.29, 1.82) is 0 Å². The van der Waals surface area contributed by atoms with Crippen molar-refractivity contribution in [1.82, 2.24) is 0 Å². The number of rotatable bonds is 3. The third-order valence-electron chi connectivity index (χ3n) is 0.519. The van der Waals surface area contributed by atoms with Gasteiger partial charge in [-0.1, -0.05) is 0 Å². The first-order chi connectivity index (χ1) is 3.81. The summed E-state index contributed by atoms with van der Waals surface area (Å²) in [4.78, 5) is 6.93. The third kappa shape index (κ3) is 3.08. The molecule has 8 heavy (non-hydrogen) atoms. The van der Waals surface area contributed by atoms with Gasteiger partial charge in [-0.25, -0.2) is 4.99 Å². The number of ether oxygens (including phenoxy) is 1. The molecule has 0 saturated heterocycles. The van der Waals surface area contributed by atoms with Crippen molar-refractivity contribution in [2.75, 3.05) is 7.11 Å². The van der Waals surface area contributed by atoms with Crippen LogP contribution in [0.1, 0.15) is 0 Å². The molecule has 0 aromatic carbocycles. The smallest absolute Gasteiger partial charge is 0.206 e. The summed E-state index contributed by atoms with van der Waals surface area (Å²) >= 11 is 0. The Morgan fingerprint density at radius 2 is 2.38 bits per heavy atom. The minimum atomic E-state index is 0.331. The predicted octanol–water partition coefficient (Wildman–Crippen LogP) is 0.833. The van der Waals surface area contributed by atoms with Crippen molar-refractivity contribution >= 4 is 13.1 Å². The molecule has 0 N–H and O–H groups in total. The summed E-state index contributed by atoms with van der Waals surface area (Å²) < 4.78 is 4.57. The Hall–Kier alpha value is -1.12. The van der Waals surface area contributed by atoms with Crippen molar-refractivity contribution in [2.24, 2.45) is 9.98 Å². The van der Waals surface area contributed by atoms with Gasteiger partial charge in [0.25, 0.3) is 0 Å². The quantitative estimate of drug-likeness (QED) is 0.302. The van der Waals surface area contributed by atoms with Crippen LogP contribution >= 0.6 is 0 Å². The molecule has 0 unspecified atom stereocenters. The summed E-state index contributed by atoms with van der Waals surface area (Å²) in [7, 11) is 1.49.